The molecule has 0 aliphatic carbocycles. The Balaban J connectivity index is 1.91. The SMILES string of the molecule is CNC(C)CCc1ccc(OC2CS(=O)(=O)CC2O)cc1. The second-order valence-corrected chi connectivity index (χ2v) is 7.83. The maximum absolute atomic E-state index is 11.4. The Morgan fingerprint density at radius 2 is 2.00 bits per heavy atom. The van der Waals surface area contributed by atoms with Crippen molar-refractivity contribution >= 4 is 9.84 Å². The third kappa shape index (κ3) is 4.69. The maximum Gasteiger partial charge on any atom is 0.156 e. The van der Waals surface area contributed by atoms with E-state index in [-0.39, 0.29) is 11.5 Å². The second kappa shape index (κ2) is 6.77. The molecule has 2 N–H and O–H groups in total. The van der Waals surface area contributed by atoms with Gasteiger partial charge < -0.3 is 15.2 Å². The van der Waals surface area contributed by atoms with Crippen molar-refractivity contribution in [2.45, 2.75) is 38.0 Å². The molecule has 0 spiro atoms. The normalized spacial score (nSPS) is 25.7. The molecule has 0 radical (unpaired) electrons. The fourth-order valence-corrected chi connectivity index (χ4v) is 4.01. The first kappa shape index (κ1) is 16.3. The van der Waals surface area contributed by atoms with Crippen molar-refractivity contribution in [1.29, 1.82) is 0 Å². The van der Waals surface area contributed by atoms with E-state index in [4.69, 9.17) is 4.74 Å². The molecule has 0 aromatic heterocycles. The molecular weight excluding hydrogens is 290 g/mol. The lowest BCUT2D eigenvalue weighted by Gasteiger charge is -2.16. The van der Waals surface area contributed by atoms with Gasteiger partial charge in [-0.1, -0.05) is 12.1 Å². The number of rotatable bonds is 6. The van der Waals surface area contributed by atoms with Crippen molar-refractivity contribution in [2.75, 3.05) is 18.6 Å². The highest BCUT2D eigenvalue weighted by Gasteiger charge is 2.38. The number of aliphatic hydroxyl groups is 1. The lowest BCUT2D eigenvalue weighted by atomic mass is 10.1. The van der Waals surface area contributed by atoms with Crippen molar-refractivity contribution in [3.63, 3.8) is 0 Å². The number of ether oxygens (including phenoxy) is 1. The van der Waals surface area contributed by atoms with Crippen LogP contribution in [-0.4, -0.2) is 50.3 Å². The molecule has 0 amide bonds. The van der Waals surface area contributed by atoms with Crippen LogP contribution in [0.5, 0.6) is 5.75 Å². The molecule has 21 heavy (non-hydrogen) atoms. The van der Waals surface area contributed by atoms with Gasteiger partial charge in [0.1, 0.15) is 18.0 Å². The van der Waals surface area contributed by atoms with Gasteiger partial charge in [0, 0.05) is 6.04 Å². The topological polar surface area (TPSA) is 75.6 Å². The van der Waals surface area contributed by atoms with Crippen molar-refractivity contribution in [2.24, 2.45) is 0 Å². The standard InChI is InChI=1S/C15H23NO4S/c1-11(16-2)3-4-12-5-7-13(8-6-12)20-15-10-21(18,19)9-14(15)17/h5-8,11,14-17H,3-4,9-10H2,1-2H3. The fraction of sp³-hybridized carbons (Fsp3) is 0.600. The Hall–Kier alpha value is -1.11. The molecule has 1 aliphatic rings. The third-order valence-corrected chi connectivity index (χ3v) is 5.53. The molecule has 118 valence electrons. The summed E-state index contributed by atoms with van der Waals surface area (Å²) in [5.41, 5.74) is 1.21. The van der Waals surface area contributed by atoms with E-state index in [1.165, 1.54) is 5.56 Å². The van der Waals surface area contributed by atoms with E-state index >= 15 is 0 Å². The number of nitrogens with one attached hydrogen (secondary N) is 1. The van der Waals surface area contributed by atoms with Gasteiger partial charge in [0.05, 0.1) is 11.5 Å². The number of hydrogen-bond donors (Lipinski definition) is 2. The Morgan fingerprint density at radius 3 is 2.52 bits per heavy atom. The molecule has 3 unspecified atom stereocenters. The Kier molecular flexibility index (Phi) is 5.24. The quantitative estimate of drug-likeness (QED) is 0.811. The van der Waals surface area contributed by atoms with E-state index in [9.17, 15) is 13.5 Å². The van der Waals surface area contributed by atoms with Crippen LogP contribution in [0.25, 0.3) is 0 Å². The molecule has 1 aromatic rings. The van der Waals surface area contributed by atoms with E-state index in [2.05, 4.69) is 12.2 Å². The van der Waals surface area contributed by atoms with E-state index in [0.29, 0.717) is 11.8 Å². The first-order valence-electron chi connectivity index (χ1n) is 7.21. The summed E-state index contributed by atoms with van der Waals surface area (Å²) in [6, 6.07) is 8.09. The molecule has 1 heterocycles. The number of aliphatic hydroxyl groups excluding tert-OH is 1. The summed E-state index contributed by atoms with van der Waals surface area (Å²) in [6.45, 7) is 2.14. The minimum atomic E-state index is -3.18. The van der Waals surface area contributed by atoms with E-state index in [1.807, 2.05) is 31.3 Å². The van der Waals surface area contributed by atoms with Gasteiger partial charge in [-0.3, -0.25) is 0 Å². The smallest absolute Gasteiger partial charge is 0.156 e. The van der Waals surface area contributed by atoms with E-state index in [1.54, 1.807) is 0 Å². The maximum atomic E-state index is 11.4. The molecule has 1 aromatic carbocycles. The first-order valence-corrected chi connectivity index (χ1v) is 9.03. The molecule has 0 saturated carbocycles. The van der Waals surface area contributed by atoms with Crippen LogP contribution >= 0.6 is 0 Å². The van der Waals surface area contributed by atoms with Crippen molar-refractivity contribution in [3.8, 4) is 5.75 Å². The van der Waals surface area contributed by atoms with E-state index in [0.717, 1.165) is 12.8 Å². The van der Waals surface area contributed by atoms with Gasteiger partial charge in [-0.15, -0.1) is 0 Å². The Morgan fingerprint density at radius 1 is 1.33 bits per heavy atom. The molecule has 3 atom stereocenters. The average Bonchev–Trinajstić information content (AvgIpc) is 2.70. The highest BCUT2D eigenvalue weighted by atomic mass is 32.2. The molecule has 1 saturated heterocycles. The van der Waals surface area contributed by atoms with Crippen LogP contribution in [0.2, 0.25) is 0 Å². The summed E-state index contributed by atoms with van der Waals surface area (Å²) in [4.78, 5) is 0. The van der Waals surface area contributed by atoms with Gasteiger partial charge in [0.25, 0.3) is 0 Å². The Labute approximate surface area is 126 Å². The summed E-state index contributed by atoms with van der Waals surface area (Å²) in [5.74, 6) is 0.273. The summed E-state index contributed by atoms with van der Waals surface area (Å²) in [5, 5.41) is 12.9. The predicted molar refractivity (Wildman–Crippen MR) is 82.4 cm³/mol. The highest BCUT2D eigenvalue weighted by Crippen LogP contribution is 2.21. The molecule has 1 aliphatic heterocycles. The van der Waals surface area contributed by atoms with Crippen LogP contribution in [0.4, 0.5) is 0 Å². The number of hydrogen-bond acceptors (Lipinski definition) is 5. The summed E-state index contributed by atoms with van der Waals surface area (Å²) in [6.07, 6.45) is 0.426. The van der Waals surface area contributed by atoms with Crippen LogP contribution in [0, 0.1) is 0 Å². The van der Waals surface area contributed by atoms with Crippen LogP contribution in [-0.2, 0) is 16.3 Å². The van der Waals surface area contributed by atoms with Gasteiger partial charge in [-0.2, -0.15) is 0 Å². The lowest BCUT2D eigenvalue weighted by molar-refractivity contribution is 0.0738. The lowest BCUT2D eigenvalue weighted by Crippen LogP contribution is -2.29. The highest BCUT2D eigenvalue weighted by molar-refractivity contribution is 7.91. The Bertz CT molecular complexity index is 556. The second-order valence-electron chi connectivity index (χ2n) is 5.67. The molecule has 6 heteroatoms. The van der Waals surface area contributed by atoms with Crippen LogP contribution in [0.3, 0.4) is 0 Å². The number of aryl methyl sites for hydroxylation is 1. The monoisotopic (exact) mass is 313 g/mol. The minimum Gasteiger partial charge on any atom is -0.487 e. The number of sulfone groups is 1. The van der Waals surface area contributed by atoms with Crippen molar-refractivity contribution in [1.82, 2.24) is 5.32 Å². The van der Waals surface area contributed by atoms with Crippen LogP contribution < -0.4 is 10.1 Å². The zero-order valence-corrected chi connectivity index (χ0v) is 13.3. The van der Waals surface area contributed by atoms with Gasteiger partial charge in [-0.05, 0) is 44.5 Å². The van der Waals surface area contributed by atoms with Gasteiger partial charge in [0.15, 0.2) is 9.84 Å². The minimum absolute atomic E-state index is 0.115. The largest absolute Gasteiger partial charge is 0.487 e. The molecular formula is C15H23NO4S. The summed E-state index contributed by atoms with van der Waals surface area (Å²) in [7, 11) is -1.23. The third-order valence-electron chi connectivity index (χ3n) is 3.84. The molecule has 0 bridgehead atoms. The summed E-state index contributed by atoms with van der Waals surface area (Å²) >= 11 is 0. The summed E-state index contributed by atoms with van der Waals surface area (Å²) < 4.78 is 28.4. The van der Waals surface area contributed by atoms with Crippen molar-refractivity contribution in [3.05, 3.63) is 29.8 Å². The average molecular weight is 313 g/mol. The molecule has 1 fully saturated rings. The molecule has 2 rings (SSSR count). The predicted octanol–water partition coefficient (Wildman–Crippen LogP) is 0.764. The van der Waals surface area contributed by atoms with Gasteiger partial charge >= 0.3 is 0 Å². The van der Waals surface area contributed by atoms with Crippen molar-refractivity contribution < 1.29 is 18.3 Å². The zero-order chi connectivity index (χ0) is 15.5. The number of benzene rings is 1. The van der Waals surface area contributed by atoms with Crippen LogP contribution in [0.1, 0.15) is 18.9 Å². The van der Waals surface area contributed by atoms with Gasteiger partial charge in [-0.25, -0.2) is 8.42 Å². The fourth-order valence-electron chi connectivity index (χ4n) is 2.35. The first-order chi connectivity index (χ1) is 9.89. The van der Waals surface area contributed by atoms with Crippen LogP contribution in [0.15, 0.2) is 24.3 Å². The van der Waals surface area contributed by atoms with Gasteiger partial charge in [0.2, 0.25) is 0 Å². The zero-order valence-electron chi connectivity index (χ0n) is 12.5. The molecule has 5 nitrogen and oxygen atoms in total. The van der Waals surface area contributed by atoms with E-state index < -0.39 is 22.0 Å².